The zero-order chi connectivity index (χ0) is 9.99. The molecule has 0 heterocycles. The first-order chi connectivity index (χ1) is 5.10. The maximum atomic E-state index is 11.3. The Bertz CT molecular complexity index is 355. The van der Waals surface area contributed by atoms with E-state index in [4.69, 9.17) is 0 Å². The Hall–Kier alpha value is -0.230. The van der Waals surface area contributed by atoms with Crippen molar-refractivity contribution in [2.24, 2.45) is 7.54 Å². The zero-order valence-corrected chi connectivity index (χ0v) is 7.31. The molecule has 5 nitrogen and oxygen atoms in total. The molecule has 0 aromatic heterocycles. The molecule has 12 heavy (non-hydrogen) atoms. The molecule has 0 rings (SSSR count). The van der Waals surface area contributed by atoms with Crippen LogP contribution in [0.4, 0.5) is 15.5 Å². The normalized spacial score (nSPS) is 13.1. The second-order valence-corrected chi connectivity index (χ2v) is 4.41. The van der Waals surface area contributed by atoms with E-state index < -0.39 is 32.2 Å². The van der Waals surface area contributed by atoms with Crippen LogP contribution >= 0.6 is 0 Å². The highest BCUT2D eigenvalue weighted by molar-refractivity contribution is 7.99. The van der Waals surface area contributed by atoms with Crippen molar-refractivity contribution in [2.45, 2.75) is 0 Å². The lowest BCUT2D eigenvalue weighted by Crippen LogP contribution is -1.87. The third-order valence-corrected chi connectivity index (χ3v) is 2.71. The maximum Gasteiger partial charge on any atom is 0.381 e. The monoisotopic (exact) mass is 248 g/mol. The summed E-state index contributed by atoms with van der Waals surface area (Å²) in [6.45, 7) is 0. The third kappa shape index (κ3) is 7.87. The molecule has 0 aliphatic carbocycles. The Morgan fingerprint density at radius 2 is 1.17 bits per heavy atom. The number of rotatable bonds is 2. The Morgan fingerprint density at radius 3 is 1.33 bits per heavy atom. The van der Waals surface area contributed by atoms with E-state index in [0.717, 1.165) is 0 Å². The predicted molar refractivity (Wildman–Crippen MR) is 33.7 cm³/mol. The fourth-order valence-electron chi connectivity index (χ4n) is 0.162. The van der Waals surface area contributed by atoms with Crippen LogP contribution in [0.3, 0.4) is 0 Å². The summed E-state index contributed by atoms with van der Waals surface area (Å²) in [7, 11) is -11.5. The highest BCUT2D eigenvalue weighted by Crippen LogP contribution is 2.07. The van der Waals surface area contributed by atoms with Gasteiger partial charge in [-0.15, -0.1) is 0 Å². The quantitative estimate of drug-likeness (QED) is 0.541. The number of hydrogen-bond acceptors (Lipinski definition) is 3. The minimum atomic E-state index is -5.77. The third-order valence-electron chi connectivity index (χ3n) is 0.301. The van der Waals surface area contributed by atoms with E-state index in [1.165, 1.54) is 7.54 Å². The van der Waals surface area contributed by atoms with Gasteiger partial charge in [-0.1, -0.05) is 23.1 Å². The molecule has 0 spiro atoms. The van der Waals surface area contributed by atoms with Gasteiger partial charge in [0.05, 0.1) is 0 Å². The molecule has 0 fully saturated rings. The average Bonchev–Trinajstić information content (AvgIpc) is 1.49. The van der Waals surface area contributed by atoms with Crippen molar-refractivity contribution in [3.8, 4) is 0 Å². The number of hydrogen-bond donors (Lipinski definition) is 0. The van der Waals surface area contributed by atoms with Gasteiger partial charge in [0.2, 0.25) is 0 Å². The number of halogens is 4. The standard InChI is InChI=1S/F4N2O3S3/c1-11(2,8)5-10(7)6-12(3,4)9. The fraction of sp³-hybridized carbons (Fsp3) is 0. The summed E-state index contributed by atoms with van der Waals surface area (Å²) < 4.78 is 77.1. The summed E-state index contributed by atoms with van der Waals surface area (Å²) in [5.74, 6) is 0. The van der Waals surface area contributed by atoms with Crippen LogP contribution in [0.15, 0.2) is 7.54 Å². The van der Waals surface area contributed by atoms with Gasteiger partial charge in [0.15, 0.2) is 0 Å². The summed E-state index contributed by atoms with van der Waals surface area (Å²) in [4.78, 5) is 0. The number of nitrogens with zero attached hydrogens (tertiary/aromatic N) is 2. The Kier molecular flexibility index (Phi) is 3.59. The van der Waals surface area contributed by atoms with Crippen molar-refractivity contribution >= 4 is 32.2 Å². The van der Waals surface area contributed by atoms with Gasteiger partial charge in [-0.3, -0.25) is 0 Å². The van der Waals surface area contributed by atoms with Crippen LogP contribution in [0.25, 0.3) is 0 Å². The van der Waals surface area contributed by atoms with Crippen molar-refractivity contribution in [1.29, 1.82) is 0 Å². The lowest BCUT2D eigenvalue weighted by atomic mass is 13.9. The summed E-state index contributed by atoms with van der Waals surface area (Å²) in [5, 5.41) is 0. The molecular weight excluding hydrogens is 248 g/mol. The molecule has 0 aromatic rings. The summed E-state index contributed by atoms with van der Waals surface area (Å²) in [6, 6.07) is 0. The second kappa shape index (κ2) is 3.66. The fourth-order valence-corrected chi connectivity index (χ4v) is 1.70. The molecule has 0 N–H and O–H groups in total. The summed E-state index contributed by atoms with van der Waals surface area (Å²) in [5.41, 5.74) is 0. The Balaban J connectivity index is 4.97. The Morgan fingerprint density at radius 1 is 0.917 bits per heavy atom. The molecule has 0 saturated heterocycles. The van der Waals surface area contributed by atoms with Crippen molar-refractivity contribution < 1.29 is 28.2 Å². The van der Waals surface area contributed by atoms with Gasteiger partial charge < -0.3 is 0 Å². The van der Waals surface area contributed by atoms with Gasteiger partial charge in [-0.2, -0.15) is 8.42 Å². The minimum absolute atomic E-state index is 1.54. The molecule has 74 valence electrons. The van der Waals surface area contributed by atoms with E-state index >= 15 is 0 Å². The lowest BCUT2D eigenvalue weighted by molar-refractivity contribution is 0.589. The molecule has 0 saturated carbocycles. The highest BCUT2D eigenvalue weighted by Gasteiger charge is 2.09. The van der Waals surface area contributed by atoms with Crippen molar-refractivity contribution in [3.05, 3.63) is 0 Å². The smallest absolute Gasteiger partial charge is 0.207 e. The summed E-state index contributed by atoms with van der Waals surface area (Å²) >= 11 is -3.46. The minimum Gasteiger partial charge on any atom is -0.207 e. The van der Waals surface area contributed by atoms with Crippen molar-refractivity contribution in [3.63, 3.8) is 0 Å². The molecule has 0 radical (unpaired) electrons. The molecule has 0 aliphatic heterocycles. The molecule has 0 atom stereocenters. The van der Waals surface area contributed by atoms with Gasteiger partial charge in [-0.05, 0) is 0 Å². The first-order valence-corrected chi connectivity index (χ1v) is 5.54. The zero-order valence-electron chi connectivity index (χ0n) is 4.86. The van der Waals surface area contributed by atoms with Crippen LogP contribution in [-0.2, 0) is 32.2 Å². The van der Waals surface area contributed by atoms with Crippen LogP contribution in [0.2, 0.25) is 0 Å². The van der Waals surface area contributed by atoms with E-state index in [9.17, 15) is 28.2 Å². The molecule has 12 heteroatoms. The predicted octanol–water partition coefficient (Wildman–Crippen LogP) is 1.04. The van der Waals surface area contributed by atoms with E-state index in [1.807, 2.05) is 0 Å². The van der Waals surface area contributed by atoms with E-state index in [0.29, 0.717) is 0 Å². The topological polar surface area (TPSA) is 75.9 Å². The first kappa shape index (κ1) is 11.8. The van der Waals surface area contributed by atoms with Crippen molar-refractivity contribution in [1.82, 2.24) is 0 Å². The lowest BCUT2D eigenvalue weighted by Gasteiger charge is -1.83. The second-order valence-electron chi connectivity index (χ2n) is 1.17. The molecule has 0 unspecified atom stereocenters. The van der Waals surface area contributed by atoms with E-state index in [2.05, 4.69) is 0 Å². The Labute approximate surface area is 68.4 Å². The average molecular weight is 248 g/mol. The van der Waals surface area contributed by atoms with Gasteiger partial charge in [0.25, 0.3) is 11.2 Å². The van der Waals surface area contributed by atoms with Gasteiger partial charge in [0.1, 0.15) is 0 Å². The highest BCUT2D eigenvalue weighted by atomic mass is 32.3. The largest absolute Gasteiger partial charge is 0.381 e. The molecule has 0 aliphatic rings. The van der Waals surface area contributed by atoms with Gasteiger partial charge in [0, 0.05) is 0 Å². The van der Waals surface area contributed by atoms with E-state index in [-0.39, 0.29) is 0 Å². The van der Waals surface area contributed by atoms with Crippen molar-refractivity contribution in [2.75, 3.05) is 0 Å². The molecule has 0 amide bonds. The van der Waals surface area contributed by atoms with Crippen LogP contribution in [0, 0.1) is 0 Å². The molecular formula is F4N2O3S3. The van der Waals surface area contributed by atoms with Crippen LogP contribution in [-0.4, -0.2) is 12.6 Å². The first-order valence-electron chi connectivity index (χ1n) is 1.85. The van der Waals surface area contributed by atoms with Crippen LogP contribution in [0.1, 0.15) is 0 Å². The van der Waals surface area contributed by atoms with Gasteiger partial charge in [-0.25, -0.2) is 4.21 Å². The van der Waals surface area contributed by atoms with Gasteiger partial charge >= 0.3 is 21.0 Å². The van der Waals surface area contributed by atoms with E-state index in [1.54, 1.807) is 0 Å². The van der Waals surface area contributed by atoms with Crippen LogP contribution in [0.5, 0.6) is 0 Å². The summed E-state index contributed by atoms with van der Waals surface area (Å²) in [6.07, 6.45) is 0. The maximum absolute atomic E-state index is 11.3. The molecule has 0 bridgehead atoms. The SMILES string of the molecule is O=S(N=S(=O)(F)F)N=S(=O)(F)F. The van der Waals surface area contributed by atoms with Crippen LogP contribution < -0.4 is 0 Å². The molecule has 0 aromatic carbocycles.